The molecule has 2 aromatic rings. The lowest BCUT2D eigenvalue weighted by Gasteiger charge is -2.15. The average molecular weight is 368 g/mol. The van der Waals surface area contributed by atoms with Crippen molar-refractivity contribution in [3.8, 4) is 0 Å². The van der Waals surface area contributed by atoms with Crippen molar-refractivity contribution in [1.29, 1.82) is 0 Å². The van der Waals surface area contributed by atoms with Crippen molar-refractivity contribution in [2.24, 2.45) is 0 Å². The fourth-order valence-corrected chi connectivity index (χ4v) is 2.74. The fourth-order valence-electron chi connectivity index (χ4n) is 1.93. The van der Waals surface area contributed by atoms with Crippen LogP contribution >= 0.6 is 27.5 Å². The van der Waals surface area contributed by atoms with E-state index in [1.54, 1.807) is 12.1 Å². The highest BCUT2D eigenvalue weighted by Gasteiger charge is 2.28. The van der Waals surface area contributed by atoms with E-state index in [0.29, 0.717) is 5.02 Å². The van der Waals surface area contributed by atoms with Gasteiger partial charge in [-0.15, -0.1) is 0 Å². The molecule has 0 aliphatic heterocycles. The van der Waals surface area contributed by atoms with Gasteiger partial charge in [0.05, 0.1) is 11.4 Å². The van der Waals surface area contributed by atoms with E-state index in [0.717, 1.165) is 16.3 Å². The minimum absolute atomic E-state index is 0.0643. The summed E-state index contributed by atoms with van der Waals surface area (Å²) in [5.41, 5.74) is 0.854. The highest BCUT2D eigenvalue weighted by atomic mass is 79.9. The molecular weight excluding hydrogens is 357 g/mol. The molecule has 0 saturated carbocycles. The zero-order valence-corrected chi connectivity index (χ0v) is 12.6. The summed E-state index contributed by atoms with van der Waals surface area (Å²) in [5, 5.41) is 2.38. The molecule has 0 aromatic heterocycles. The van der Waals surface area contributed by atoms with Gasteiger partial charge in [0.15, 0.2) is 0 Å². The molecular formula is C14H11BrClF3O. The Labute approximate surface area is 127 Å². The van der Waals surface area contributed by atoms with Crippen molar-refractivity contribution in [3.05, 3.63) is 47.0 Å². The van der Waals surface area contributed by atoms with Gasteiger partial charge in [-0.1, -0.05) is 57.9 Å². The molecule has 1 atom stereocenters. The molecule has 20 heavy (non-hydrogen) atoms. The first-order valence-electron chi connectivity index (χ1n) is 5.84. The number of ether oxygens (including phenoxy) is 1. The van der Waals surface area contributed by atoms with Crippen LogP contribution in [0.3, 0.4) is 0 Å². The Bertz CT molecular complexity index is 600. The lowest BCUT2D eigenvalue weighted by Crippen LogP contribution is -2.18. The predicted molar refractivity (Wildman–Crippen MR) is 77.5 cm³/mol. The number of fused-ring (bicyclic) bond motifs is 1. The van der Waals surface area contributed by atoms with Crippen molar-refractivity contribution in [3.63, 3.8) is 0 Å². The van der Waals surface area contributed by atoms with Crippen molar-refractivity contribution < 1.29 is 17.9 Å². The lowest BCUT2D eigenvalue weighted by molar-refractivity contribution is -0.173. The second-order valence-electron chi connectivity index (χ2n) is 4.28. The van der Waals surface area contributed by atoms with Gasteiger partial charge in [0.1, 0.15) is 6.61 Å². The number of benzene rings is 2. The molecule has 1 nitrogen and oxygen atoms in total. The van der Waals surface area contributed by atoms with Crippen LogP contribution in [-0.4, -0.2) is 19.4 Å². The normalized spacial score (nSPS) is 13.7. The summed E-state index contributed by atoms with van der Waals surface area (Å²) in [6.45, 7) is -1.31. The molecule has 0 saturated heterocycles. The van der Waals surface area contributed by atoms with Gasteiger partial charge in [-0.3, -0.25) is 0 Å². The highest BCUT2D eigenvalue weighted by molar-refractivity contribution is 9.09. The quantitative estimate of drug-likeness (QED) is 0.648. The van der Waals surface area contributed by atoms with Crippen molar-refractivity contribution in [2.75, 3.05) is 13.2 Å². The van der Waals surface area contributed by atoms with Crippen LogP contribution in [0.2, 0.25) is 5.02 Å². The van der Waals surface area contributed by atoms with Crippen LogP contribution in [0.5, 0.6) is 0 Å². The summed E-state index contributed by atoms with van der Waals surface area (Å²) in [5.74, 6) is 0. The van der Waals surface area contributed by atoms with Gasteiger partial charge >= 0.3 is 6.18 Å². The van der Waals surface area contributed by atoms with Gasteiger partial charge in [-0.25, -0.2) is 0 Å². The van der Waals surface area contributed by atoms with Gasteiger partial charge in [-0.05, 0) is 17.0 Å². The third kappa shape index (κ3) is 3.87. The summed E-state index contributed by atoms with van der Waals surface area (Å²) >= 11 is 9.47. The van der Waals surface area contributed by atoms with Gasteiger partial charge in [0.25, 0.3) is 0 Å². The third-order valence-corrected chi connectivity index (χ3v) is 3.86. The molecule has 0 aliphatic carbocycles. The molecule has 2 rings (SSSR count). The van der Waals surface area contributed by atoms with Gasteiger partial charge in [-0.2, -0.15) is 13.2 Å². The summed E-state index contributed by atoms with van der Waals surface area (Å²) in [6.07, 6.45) is -4.31. The molecule has 0 heterocycles. The van der Waals surface area contributed by atoms with E-state index in [1.807, 2.05) is 24.3 Å². The summed E-state index contributed by atoms with van der Waals surface area (Å²) in [7, 11) is 0. The molecule has 2 aromatic carbocycles. The van der Waals surface area contributed by atoms with Crippen LogP contribution in [0.25, 0.3) is 10.8 Å². The fraction of sp³-hybridized carbons (Fsp3) is 0.286. The third-order valence-electron chi connectivity index (χ3n) is 2.77. The molecule has 6 heteroatoms. The Morgan fingerprint density at radius 3 is 2.40 bits per heavy atom. The number of hydrogen-bond acceptors (Lipinski definition) is 1. The van der Waals surface area contributed by atoms with Gasteiger partial charge in [0, 0.05) is 10.4 Å². The Hall–Kier alpha value is -0.780. The predicted octanol–water partition coefficient (Wildman–Crippen LogP) is 5.51. The van der Waals surface area contributed by atoms with E-state index in [9.17, 15) is 13.2 Å². The Morgan fingerprint density at radius 1 is 1.10 bits per heavy atom. The number of hydrogen-bond donors (Lipinski definition) is 0. The maximum atomic E-state index is 12.1. The van der Waals surface area contributed by atoms with E-state index in [-0.39, 0.29) is 11.4 Å². The molecule has 0 radical (unpaired) electrons. The van der Waals surface area contributed by atoms with Crippen LogP contribution in [-0.2, 0) is 4.74 Å². The lowest BCUT2D eigenvalue weighted by atomic mass is 10.0. The number of rotatable bonds is 4. The molecule has 0 fully saturated rings. The molecule has 0 bridgehead atoms. The largest absolute Gasteiger partial charge is 0.411 e. The number of alkyl halides is 4. The van der Waals surface area contributed by atoms with Crippen LogP contribution < -0.4 is 0 Å². The zero-order chi connectivity index (χ0) is 14.8. The van der Waals surface area contributed by atoms with E-state index in [1.165, 1.54) is 0 Å². The second-order valence-corrected chi connectivity index (χ2v) is 5.79. The zero-order valence-electron chi connectivity index (χ0n) is 10.3. The van der Waals surface area contributed by atoms with Crippen molar-refractivity contribution >= 4 is 38.3 Å². The van der Waals surface area contributed by atoms with Crippen molar-refractivity contribution in [2.45, 2.75) is 11.0 Å². The summed E-state index contributed by atoms with van der Waals surface area (Å²) < 4.78 is 40.9. The Morgan fingerprint density at radius 2 is 1.75 bits per heavy atom. The maximum Gasteiger partial charge on any atom is 0.411 e. The monoisotopic (exact) mass is 366 g/mol. The van der Waals surface area contributed by atoms with Crippen molar-refractivity contribution in [1.82, 2.24) is 0 Å². The number of halogens is 5. The van der Waals surface area contributed by atoms with E-state index in [2.05, 4.69) is 20.7 Å². The first-order valence-corrected chi connectivity index (χ1v) is 7.13. The summed E-state index contributed by atoms with van der Waals surface area (Å²) in [4.78, 5) is -0.327. The smallest absolute Gasteiger partial charge is 0.371 e. The standard InChI is InChI=1S/C14H11BrClF3O/c15-12(7-20-8-14(17,18)19)10-5-6-13(16)11-4-2-1-3-9(10)11/h1-6,12H,7-8H2. The SMILES string of the molecule is FC(F)(F)COCC(Br)c1ccc(Cl)c2ccccc12. The Kier molecular flexibility index (Phi) is 4.94. The minimum atomic E-state index is -4.31. The second kappa shape index (κ2) is 6.33. The first-order chi connectivity index (χ1) is 9.38. The van der Waals surface area contributed by atoms with Gasteiger partial charge < -0.3 is 4.74 Å². The van der Waals surface area contributed by atoms with E-state index < -0.39 is 12.8 Å². The highest BCUT2D eigenvalue weighted by Crippen LogP contribution is 2.34. The van der Waals surface area contributed by atoms with Crippen LogP contribution in [0, 0.1) is 0 Å². The minimum Gasteiger partial charge on any atom is -0.371 e. The first kappa shape index (κ1) is 15.6. The average Bonchev–Trinajstić information content (AvgIpc) is 2.38. The van der Waals surface area contributed by atoms with E-state index >= 15 is 0 Å². The maximum absolute atomic E-state index is 12.1. The Balaban J connectivity index is 2.18. The van der Waals surface area contributed by atoms with Crippen LogP contribution in [0.4, 0.5) is 13.2 Å². The van der Waals surface area contributed by atoms with E-state index in [4.69, 9.17) is 11.6 Å². The molecule has 1 unspecified atom stereocenters. The molecule has 0 amide bonds. The molecule has 0 aliphatic rings. The van der Waals surface area contributed by atoms with Gasteiger partial charge in [0.2, 0.25) is 0 Å². The molecule has 0 N–H and O–H groups in total. The van der Waals surface area contributed by atoms with Crippen LogP contribution in [0.15, 0.2) is 36.4 Å². The topological polar surface area (TPSA) is 9.23 Å². The molecule has 108 valence electrons. The van der Waals surface area contributed by atoms with Crippen LogP contribution in [0.1, 0.15) is 10.4 Å². The molecule has 0 spiro atoms. The summed E-state index contributed by atoms with van der Waals surface area (Å²) in [6, 6.07) is 11.0.